The van der Waals surface area contributed by atoms with Crippen molar-refractivity contribution in [1.82, 2.24) is 14.6 Å². The van der Waals surface area contributed by atoms with Crippen molar-refractivity contribution < 1.29 is 5.11 Å². The second kappa shape index (κ2) is 7.18. The number of benzene rings is 2. The molecule has 0 radical (unpaired) electrons. The summed E-state index contributed by atoms with van der Waals surface area (Å²) in [4.78, 5) is 4.64. The van der Waals surface area contributed by atoms with E-state index in [9.17, 15) is 5.11 Å². The molecule has 0 atom stereocenters. The summed E-state index contributed by atoms with van der Waals surface area (Å²) in [7, 11) is 0. The van der Waals surface area contributed by atoms with E-state index in [1.165, 1.54) is 10.1 Å². The van der Waals surface area contributed by atoms with Gasteiger partial charge in [-0.25, -0.2) is 4.98 Å². The van der Waals surface area contributed by atoms with Crippen LogP contribution < -0.4 is 0 Å². The van der Waals surface area contributed by atoms with Crippen LogP contribution in [-0.4, -0.2) is 19.7 Å². The highest BCUT2D eigenvalue weighted by molar-refractivity contribution is 6.31. The van der Waals surface area contributed by atoms with Crippen molar-refractivity contribution in [2.24, 2.45) is 0 Å². The lowest BCUT2D eigenvalue weighted by molar-refractivity contribution is 0.433. The van der Waals surface area contributed by atoms with Crippen LogP contribution in [0.4, 0.5) is 0 Å². The molecule has 0 spiro atoms. The van der Waals surface area contributed by atoms with E-state index in [0.717, 1.165) is 28.4 Å². The van der Waals surface area contributed by atoms with Crippen molar-refractivity contribution in [3.8, 4) is 5.88 Å². The molecule has 0 amide bonds. The third kappa shape index (κ3) is 3.55. The molecule has 2 heterocycles. The molecule has 0 saturated heterocycles. The summed E-state index contributed by atoms with van der Waals surface area (Å²) in [5.41, 5.74) is 4.61. The molecule has 0 aliphatic carbocycles. The largest absolute Gasteiger partial charge is 0.493 e. The number of fused-ring (bicyclic) bond motifs is 1. The summed E-state index contributed by atoms with van der Waals surface area (Å²) < 4.78 is 1.48. The predicted molar refractivity (Wildman–Crippen MR) is 103 cm³/mol. The SMILES string of the molecule is Oc1cc(CCc2ccccc2Cl)nc2cc(Cc3ccccc3)nn12. The highest BCUT2D eigenvalue weighted by Gasteiger charge is 2.10. The fourth-order valence-electron chi connectivity index (χ4n) is 3.04. The first-order chi connectivity index (χ1) is 12.7. The lowest BCUT2D eigenvalue weighted by Crippen LogP contribution is -1.99. The van der Waals surface area contributed by atoms with E-state index in [0.29, 0.717) is 18.5 Å². The minimum Gasteiger partial charge on any atom is -0.493 e. The highest BCUT2D eigenvalue weighted by atomic mass is 35.5. The Morgan fingerprint density at radius 1 is 0.885 bits per heavy atom. The minimum atomic E-state index is 0.100. The van der Waals surface area contributed by atoms with E-state index >= 15 is 0 Å². The number of aryl methyl sites for hydroxylation is 2. The Morgan fingerprint density at radius 2 is 1.65 bits per heavy atom. The van der Waals surface area contributed by atoms with Crippen LogP contribution >= 0.6 is 11.6 Å². The van der Waals surface area contributed by atoms with Crippen molar-refractivity contribution in [2.45, 2.75) is 19.3 Å². The standard InChI is InChI=1S/C21H18ClN3O/c22-19-9-5-4-8-16(19)10-11-17-14-21(26)25-20(23-17)13-18(24-25)12-15-6-2-1-3-7-15/h1-9,13-14,26H,10-12H2. The topological polar surface area (TPSA) is 50.4 Å². The van der Waals surface area contributed by atoms with Gasteiger partial charge in [-0.2, -0.15) is 9.61 Å². The van der Waals surface area contributed by atoms with Gasteiger partial charge in [0.25, 0.3) is 0 Å². The highest BCUT2D eigenvalue weighted by Crippen LogP contribution is 2.20. The number of nitrogens with zero attached hydrogens (tertiary/aromatic N) is 3. The summed E-state index contributed by atoms with van der Waals surface area (Å²) in [6.45, 7) is 0. The van der Waals surface area contributed by atoms with Gasteiger partial charge in [0, 0.05) is 29.3 Å². The zero-order valence-electron chi connectivity index (χ0n) is 14.1. The zero-order chi connectivity index (χ0) is 17.9. The zero-order valence-corrected chi connectivity index (χ0v) is 14.9. The lowest BCUT2D eigenvalue weighted by Gasteiger charge is -2.05. The van der Waals surface area contributed by atoms with Crippen LogP contribution in [0.2, 0.25) is 5.02 Å². The van der Waals surface area contributed by atoms with Crippen LogP contribution in [0.15, 0.2) is 66.7 Å². The Hall–Kier alpha value is -2.85. The molecule has 2 aromatic heterocycles. The summed E-state index contributed by atoms with van der Waals surface area (Å²) in [5.74, 6) is 0.100. The van der Waals surface area contributed by atoms with Crippen molar-refractivity contribution in [3.05, 3.63) is 94.3 Å². The van der Waals surface area contributed by atoms with Gasteiger partial charge in [0.15, 0.2) is 5.65 Å². The molecule has 0 saturated carbocycles. The Morgan fingerprint density at radius 3 is 2.46 bits per heavy atom. The molecule has 4 aromatic rings. The van der Waals surface area contributed by atoms with Crippen LogP contribution in [-0.2, 0) is 19.3 Å². The summed E-state index contributed by atoms with van der Waals surface area (Å²) in [6, 6.07) is 21.5. The van der Waals surface area contributed by atoms with E-state index in [1.807, 2.05) is 48.5 Å². The van der Waals surface area contributed by atoms with Gasteiger partial charge < -0.3 is 5.11 Å². The Bertz CT molecular complexity index is 1040. The molecule has 4 rings (SSSR count). The maximum Gasteiger partial charge on any atom is 0.215 e. The third-order valence-electron chi connectivity index (χ3n) is 4.35. The van der Waals surface area contributed by atoms with Crippen molar-refractivity contribution in [3.63, 3.8) is 0 Å². The summed E-state index contributed by atoms with van der Waals surface area (Å²) in [6.07, 6.45) is 2.18. The van der Waals surface area contributed by atoms with Crippen LogP contribution in [0.3, 0.4) is 0 Å². The summed E-state index contributed by atoms with van der Waals surface area (Å²) >= 11 is 6.21. The Kier molecular flexibility index (Phi) is 4.59. The number of aromatic hydroxyl groups is 1. The lowest BCUT2D eigenvalue weighted by atomic mass is 10.1. The summed E-state index contributed by atoms with van der Waals surface area (Å²) in [5, 5.41) is 15.5. The average molecular weight is 364 g/mol. The van der Waals surface area contributed by atoms with Gasteiger partial charge in [-0.05, 0) is 30.0 Å². The molecule has 0 bridgehead atoms. The smallest absolute Gasteiger partial charge is 0.215 e. The van der Waals surface area contributed by atoms with E-state index in [1.54, 1.807) is 6.07 Å². The van der Waals surface area contributed by atoms with Gasteiger partial charge in [0.05, 0.1) is 5.69 Å². The van der Waals surface area contributed by atoms with Gasteiger partial charge >= 0.3 is 0 Å². The first kappa shape index (κ1) is 16.6. The minimum absolute atomic E-state index is 0.100. The molecule has 0 unspecified atom stereocenters. The number of halogens is 1. The van der Waals surface area contributed by atoms with Gasteiger partial charge in [-0.3, -0.25) is 0 Å². The van der Waals surface area contributed by atoms with E-state index < -0.39 is 0 Å². The molecule has 5 heteroatoms. The molecule has 1 N–H and O–H groups in total. The molecule has 0 aliphatic heterocycles. The molecule has 26 heavy (non-hydrogen) atoms. The molecule has 2 aromatic carbocycles. The fourth-order valence-corrected chi connectivity index (χ4v) is 3.27. The Balaban J connectivity index is 1.57. The molecule has 130 valence electrons. The van der Waals surface area contributed by atoms with Gasteiger partial charge in [0.1, 0.15) is 0 Å². The monoisotopic (exact) mass is 363 g/mol. The molecule has 4 nitrogen and oxygen atoms in total. The van der Waals surface area contributed by atoms with Gasteiger partial charge in [-0.15, -0.1) is 0 Å². The number of aromatic nitrogens is 3. The van der Waals surface area contributed by atoms with Gasteiger partial charge in [0.2, 0.25) is 5.88 Å². The predicted octanol–water partition coefficient (Wildman–Crippen LogP) is 4.46. The first-order valence-corrected chi connectivity index (χ1v) is 8.92. The molecule has 0 aliphatic rings. The maximum atomic E-state index is 10.3. The Labute approximate surface area is 156 Å². The van der Waals surface area contributed by atoms with Crippen LogP contribution in [0.1, 0.15) is 22.5 Å². The molecular weight excluding hydrogens is 346 g/mol. The normalized spacial score (nSPS) is 11.1. The quantitative estimate of drug-likeness (QED) is 0.569. The second-order valence-corrected chi connectivity index (χ2v) is 6.67. The fraction of sp³-hybridized carbons (Fsp3) is 0.143. The number of hydrogen-bond acceptors (Lipinski definition) is 3. The number of rotatable bonds is 5. The van der Waals surface area contributed by atoms with Crippen LogP contribution in [0.5, 0.6) is 5.88 Å². The average Bonchev–Trinajstić information content (AvgIpc) is 3.05. The van der Waals surface area contributed by atoms with Crippen LogP contribution in [0, 0.1) is 0 Å². The number of hydrogen-bond donors (Lipinski definition) is 1. The van der Waals surface area contributed by atoms with E-state index in [2.05, 4.69) is 22.2 Å². The van der Waals surface area contributed by atoms with Crippen molar-refractivity contribution >= 4 is 17.2 Å². The second-order valence-electron chi connectivity index (χ2n) is 6.27. The van der Waals surface area contributed by atoms with E-state index in [-0.39, 0.29) is 5.88 Å². The van der Waals surface area contributed by atoms with Gasteiger partial charge in [-0.1, -0.05) is 60.1 Å². The third-order valence-corrected chi connectivity index (χ3v) is 4.72. The molecule has 0 fully saturated rings. The maximum absolute atomic E-state index is 10.3. The van der Waals surface area contributed by atoms with Crippen LogP contribution in [0.25, 0.3) is 5.65 Å². The van der Waals surface area contributed by atoms with Crippen molar-refractivity contribution in [1.29, 1.82) is 0 Å². The first-order valence-electron chi connectivity index (χ1n) is 8.54. The van der Waals surface area contributed by atoms with Crippen molar-refractivity contribution in [2.75, 3.05) is 0 Å². The molecular formula is C21H18ClN3O. The van der Waals surface area contributed by atoms with E-state index in [4.69, 9.17) is 11.6 Å².